The highest BCUT2D eigenvalue weighted by Gasteiger charge is 2.25. The van der Waals surface area contributed by atoms with Gasteiger partial charge in [-0.15, -0.1) is 0 Å². The Morgan fingerprint density at radius 2 is 1.68 bits per heavy atom. The van der Waals surface area contributed by atoms with Crippen molar-refractivity contribution in [3.05, 3.63) is 53.6 Å². The zero-order chi connectivity index (χ0) is 20.9. The van der Waals surface area contributed by atoms with Gasteiger partial charge >= 0.3 is 5.97 Å². The predicted octanol–water partition coefficient (Wildman–Crippen LogP) is 2.10. The highest BCUT2D eigenvalue weighted by molar-refractivity contribution is 7.89. The Kier molecular flexibility index (Phi) is 6.76. The quantitative estimate of drug-likeness (QED) is 0.681. The third-order valence-electron chi connectivity index (χ3n) is 3.91. The molecule has 0 spiro atoms. The molecule has 2 aromatic carbocycles. The number of benzene rings is 2. The Bertz CT molecular complexity index is 970. The SMILES string of the molecule is COC(=O)c1ccc(NC(=O)[C@H](C)NS(=O)(=O)c2cc(C)ccc2OC)cc1. The molecule has 0 aliphatic carbocycles. The molecule has 0 bridgehead atoms. The van der Waals surface area contributed by atoms with Crippen LogP contribution in [-0.2, 0) is 19.6 Å². The van der Waals surface area contributed by atoms with Crippen LogP contribution < -0.4 is 14.8 Å². The molecule has 28 heavy (non-hydrogen) atoms. The summed E-state index contributed by atoms with van der Waals surface area (Å²) < 4.78 is 37.4. The number of ether oxygens (including phenoxy) is 2. The van der Waals surface area contributed by atoms with E-state index in [1.165, 1.54) is 51.5 Å². The Balaban J connectivity index is 2.11. The molecule has 0 aromatic heterocycles. The second-order valence-electron chi connectivity index (χ2n) is 6.06. The molecular formula is C19H22N2O6S. The molecule has 0 unspecified atom stereocenters. The molecule has 8 nitrogen and oxygen atoms in total. The van der Waals surface area contributed by atoms with Crippen molar-refractivity contribution in [3.63, 3.8) is 0 Å². The summed E-state index contributed by atoms with van der Waals surface area (Å²) in [5.74, 6) is -0.865. The molecule has 150 valence electrons. The van der Waals surface area contributed by atoms with Crippen molar-refractivity contribution in [2.24, 2.45) is 0 Å². The van der Waals surface area contributed by atoms with Gasteiger partial charge in [0, 0.05) is 5.69 Å². The lowest BCUT2D eigenvalue weighted by molar-refractivity contribution is -0.117. The van der Waals surface area contributed by atoms with E-state index in [1.54, 1.807) is 19.1 Å². The third kappa shape index (κ3) is 5.08. The van der Waals surface area contributed by atoms with Crippen molar-refractivity contribution >= 4 is 27.6 Å². The Hall–Kier alpha value is -2.91. The van der Waals surface area contributed by atoms with E-state index < -0.39 is 27.9 Å². The smallest absolute Gasteiger partial charge is 0.337 e. The van der Waals surface area contributed by atoms with Gasteiger partial charge in [-0.25, -0.2) is 13.2 Å². The number of rotatable bonds is 7. The number of hydrogen-bond acceptors (Lipinski definition) is 6. The summed E-state index contributed by atoms with van der Waals surface area (Å²) in [6, 6.07) is 9.74. The number of hydrogen-bond donors (Lipinski definition) is 2. The minimum absolute atomic E-state index is 0.0444. The van der Waals surface area contributed by atoms with Crippen LogP contribution in [0.25, 0.3) is 0 Å². The molecule has 9 heteroatoms. The van der Waals surface area contributed by atoms with E-state index in [1.807, 2.05) is 0 Å². The van der Waals surface area contributed by atoms with Crippen LogP contribution in [0.5, 0.6) is 5.75 Å². The van der Waals surface area contributed by atoms with Crippen LogP contribution >= 0.6 is 0 Å². The first-order valence-corrected chi connectivity index (χ1v) is 9.82. The number of amides is 1. The van der Waals surface area contributed by atoms with Crippen LogP contribution in [0, 0.1) is 6.92 Å². The first-order chi connectivity index (χ1) is 13.2. The van der Waals surface area contributed by atoms with Gasteiger partial charge in [0.25, 0.3) is 0 Å². The Labute approximate surface area is 163 Å². The number of anilines is 1. The van der Waals surface area contributed by atoms with Gasteiger partial charge in [-0.3, -0.25) is 4.79 Å². The predicted molar refractivity (Wildman–Crippen MR) is 104 cm³/mol. The maximum atomic E-state index is 12.7. The molecule has 0 fully saturated rings. The molecule has 2 rings (SSSR count). The lowest BCUT2D eigenvalue weighted by Gasteiger charge is -2.16. The Morgan fingerprint density at radius 3 is 2.25 bits per heavy atom. The van der Waals surface area contributed by atoms with Crippen molar-refractivity contribution in [3.8, 4) is 5.75 Å². The van der Waals surface area contributed by atoms with E-state index in [9.17, 15) is 18.0 Å². The largest absolute Gasteiger partial charge is 0.495 e. The molecule has 0 aliphatic heterocycles. The molecule has 0 saturated carbocycles. The van der Waals surface area contributed by atoms with Crippen molar-refractivity contribution in [2.45, 2.75) is 24.8 Å². The fourth-order valence-corrected chi connectivity index (χ4v) is 3.86. The number of esters is 1. The van der Waals surface area contributed by atoms with Gasteiger partial charge in [-0.05, 0) is 55.8 Å². The number of nitrogens with one attached hydrogen (secondary N) is 2. The van der Waals surface area contributed by atoms with Gasteiger partial charge in [-0.1, -0.05) is 6.07 Å². The summed E-state index contributed by atoms with van der Waals surface area (Å²) in [5, 5.41) is 2.59. The average Bonchev–Trinajstić information content (AvgIpc) is 2.67. The molecule has 0 aliphatic rings. The molecule has 0 heterocycles. The first kappa shape index (κ1) is 21.4. The van der Waals surface area contributed by atoms with Gasteiger partial charge in [0.2, 0.25) is 15.9 Å². The number of aryl methyl sites for hydroxylation is 1. The monoisotopic (exact) mass is 406 g/mol. The van der Waals surface area contributed by atoms with Crippen molar-refractivity contribution in [1.29, 1.82) is 0 Å². The minimum atomic E-state index is -3.98. The molecular weight excluding hydrogens is 384 g/mol. The fourth-order valence-electron chi connectivity index (χ4n) is 2.40. The van der Waals surface area contributed by atoms with Gasteiger partial charge in [0.1, 0.15) is 10.6 Å². The molecule has 0 radical (unpaired) electrons. The highest BCUT2D eigenvalue weighted by Crippen LogP contribution is 2.24. The minimum Gasteiger partial charge on any atom is -0.495 e. The number of carbonyl (C=O) groups is 2. The summed E-state index contributed by atoms with van der Waals surface area (Å²) in [5.41, 5.74) is 1.49. The molecule has 2 N–H and O–H groups in total. The molecule has 2 aromatic rings. The highest BCUT2D eigenvalue weighted by atomic mass is 32.2. The number of carbonyl (C=O) groups excluding carboxylic acids is 2. The summed E-state index contributed by atoms with van der Waals surface area (Å²) >= 11 is 0. The standard InChI is InChI=1S/C19H22N2O6S/c1-12-5-10-16(26-3)17(11-12)28(24,25)21-13(2)18(22)20-15-8-6-14(7-9-15)19(23)27-4/h5-11,13,21H,1-4H3,(H,20,22)/t13-/m0/s1. The van der Waals surface area contributed by atoms with Gasteiger partial charge in [0.05, 0.1) is 25.8 Å². The number of methoxy groups -OCH3 is 2. The third-order valence-corrected chi connectivity index (χ3v) is 5.47. The van der Waals surface area contributed by atoms with Crippen LogP contribution in [0.15, 0.2) is 47.4 Å². The van der Waals surface area contributed by atoms with E-state index in [0.29, 0.717) is 11.3 Å². The topological polar surface area (TPSA) is 111 Å². The van der Waals surface area contributed by atoms with Crippen molar-refractivity contribution in [2.75, 3.05) is 19.5 Å². The Morgan fingerprint density at radius 1 is 1.04 bits per heavy atom. The lowest BCUT2D eigenvalue weighted by atomic mass is 10.2. The summed E-state index contributed by atoms with van der Waals surface area (Å²) in [7, 11) is -1.33. The fraction of sp³-hybridized carbons (Fsp3) is 0.263. The zero-order valence-electron chi connectivity index (χ0n) is 16.0. The second kappa shape index (κ2) is 8.85. The second-order valence-corrected chi connectivity index (χ2v) is 7.74. The summed E-state index contributed by atoms with van der Waals surface area (Å²) in [6.07, 6.45) is 0. The van der Waals surface area contributed by atoms with E-state index in [4.69, 9.17) is 4.74 Å². The first-order valence-electron chi connectivity index (χ1n) is 8.34. The van der Waals surface area contributed by atoms with Crippen LogP contribution in [0.2, 0.25) is 0 Å². The number of sulfonamides is 1. The molecule has 1 amide bonds. The van der Waals surface area contributed by atoms with Crippen LogP contribution in [0.1, 0.15) is 22.8 Å². The summed E-state index contributed by atoms with van der Waals surface area (Å²) in [4.78, 5) is 23.7. The van der Waals surface area contributed by atoms with E-state index in [2.05, 4.69) is 14.8 Å². The van der Waals surface area contributed by atoms with E-state index >= 15 is 0 Å². The van der Waals surface area contributed by atoms with Crippen LogP contribution in [-0.4, -0.2) is 40.6 Å². The van der Waals surface area contributed by atoms with E-state index in [-0.39, 0.29) is 10.6 Å². The van der Waals surface area contributed by atoms with Gasteiger partial charge in [-0.2, -0.15) is 4.72 Å². The van der Waals surface area contributed by atoms with E-state index in [0.717, 1.165) is 5.56 Å². The van der Waals surface area contributed by atoms with Gasteiger partial charge < -0.3 is 14.8 Å². The zero-order valence-corrected chi connectivity index (χ0v) is 16.8. The maximum Gasteiger partial charge on any atom is 0.337 e. The maximum absolute atomic E-state index is 12.7. The normalized spacial score (nSPS) is 12.1. The van der Waals surface area contributed by atoms with Crippen molar-refractivity contribution < 1.29 is 27.5 Å². The van der Waals surface area contributed by atoms with Crippen molar-refractivity contribution in [1.82, 2.24) is 4.72 Å². The lowest BCUT2D eigenvalue weighted by Crippen LogP contribution is -2.41. The van der Waals surface area contributed by atoms with Crippen LogP contribution in [0.3, 0.4) is 0 Å². The molecule has 0 saturated heterocycles. The average molecular weight is 406 g/mol. The molecule has 1 atom stereocenters. The summed E-state index contributed by atoms with van der Waals surface area (Å²) in [6.45, 7) is 3.19. The van der Waals surface area contributed by atoms with Gasteiger partial charge in [0.15, 0.2) is 0 Å². The van der Waals surface area contributed by atoms with Crippen LogP contribution in [0.4, 0.5) is 5.69 Å².